The number of imidazole rings is 1. The van der Waals surface area contributed by atoms with Crippen LogP contribution in [0.1, 0.15) is 5.69 Å². The lowest BCUT2D eigenvalue weighted by Gasteiger charge is -2.00. The summed E-state index contributed by atoms with van der Waals surface area (Å²) in [5.41, 5.74) is 0.427. The van der Waals surface area contributed by atoms with Gasteiger partial charge in [0.25, 0.3) is 0 Å². The zero-order valence-electron chi connectivity index (χ0n) is 9.39. The third-order valence-electron chi connectivity index (χ3n) is 2.39. The van der Waals surface area contributed by atoms with Crippen molar-refractivity contribution >= 4 is 31.4 Å². The van der Waals surface area contributed by atoms with Crippen molar-refractivity contribution in [2.24, 2.45) is 0 Å². The Hall–Kier alpha value is -1.15. The SMILES string of the molecule is CS(=O)(=O)CCc1cn2cc(Br)c(O)c(F)c2n1. The molecule has 8 heteroatoms. The summed E-state index contributed by atoms with van der Waals surface area (Å²) >= 11 is 3.01. The van der Waals surface area contributed by atoms with Crippen LogP contribution < -0.4 is 0 Å². The van der Waals surface area contributed by atoms with Crippen molar-refractivity contribution in [3.8, 4) is 5.75 Å². The summed E-state index contributed by atoms with van der Waals surface area (Å²) in [5.74, 6) is -1.40. The lowest BCUT2D eigenvalue weighted by molar-refractivity contribution is 0.429. The van der Waals surface area contributed by atoms with E-state index in [1.54, 1.807) is 0 Å². The van der Waals surface area contributed by atoms with Crippen molar-refractivity contribution in [1.82, 2.24) is 9.38 Å². The Morgan fingerprint density at radius 2 is 2.17 bits per heavy atom. The maximum absolute atomic E-state index is 13.7. The molecule has 0 saturated carbocycles. The van der Waals surface area contributed by atoms with Gasteiger partial charge >= 0.3 is 0 Å². The summed E-state index contributed by atoms with van der Waals surface area (Å²) in [4.78, 5) is 3.96. The summed E-state index contributed by atoms with van der Waals surface area (Å²) < 4.78 is 37.4. The fourth-order valence-electron chi connectivity index (χ4n) is 1.51. The van der Waals surface area contributed by atoms with Crippen LogP contribution in [0.2, 0.25) is 0 Å². The fourth-order valence-corrected chi connectivity index (χ4v) is 2.48. The van der Waals surface area contributed by atoms with Crippen molar-refractivity contribution in [3.05, 3.63) is 28.4 Å². The molecule has 2 rings (SSSR count). The summed E-state index contributed by atoms with van der Waals surface area (Å²) in [7, 11) is -3.09. The molecule has 2 heterocycles. The van der Waals surface area contributed by atoms with Gasteiger partial charge in [0.2, 0.25) is 5.82 Å². The Balaban J connectivity index is 2.42. The number of hydrogen-bond donors (Lipinski definition) is 1. The topological polar surface area (TPSA) is 71.7 Å². The first kappa shape index (κ1) is 13.3. The first-order chi connectivity index (χ1) is 8.28. The Bertz CT molecular complexity index is 711. The number of hydrogen-bond acceptors (Lipinski definition) is 4. The quantitative estimate of drug-likeness (QED) is 0.922. The lowest BCUT2D eigenvalue weighted by atomic mass is 10.4. The minimum Gasteiger partial charge on any atom is -0.504 e. The smallest absolute Gasteiger partial charge is 0.209 e. The summed E-state index contributed by atoms with van der Waals surface area (Å²) in [6.45, 7) is 0. The van der Waals surface area contributed by atoms with Gasteiger partial charge in [0.05, 0.1) is 15.9 Å². The Morgan fingerprint density at radius 1 is 1.50 bits per heavy atom. The Kier molecular flexibility index (Phi) is 3.33. The minimum absolute atomic E-state index is 0.0285. The number of nitrogens with zero attached hydrogens (tertiary/aromatic N) is 2. The first-order valence-corrected chi connectivity index (χ1v) is 7.85. The Morgan fingerprint density at radius 3 is 2.78 bits per heavy atom. The number of aromatic hydroxyl groups is 1. The van der Waals surface area contributed by atoms with E-state index in [1.807, 2.05) is 0 Å². The normalized spacial score (nSPS) is 12.2. The molecule has 0 radical (unpaired) electrons. The van der Waals surface area contributed by atoms with Gasteiger partial charge in [-0.2, -0.15) is 4.39 Å². The second-order valence-corrected chi connectivity index (χ2v) is 7.10. The van der Waals surface area contributed by atoms with Crippen molar-refractivity contribution < 1.29 is 17.9 Å². The van der Waals surface area contributed by atoms with E-state index in [1.165, 1.54) is 16.8 Å². The van der Waals surface area contributed by atoms with Crippen molar-refractivity contribution in [1.29, 1.82) is 0 Å². The van der Waals surface area contributed by atoms with Crippen LogP contribution in [-0.4, -0.2) is 34.9 Å². The molecular formula is C10H10BrFN2O3S. The number of aromatic nitrogens is 2. The van der Waals surface area contributed by atoms with Gasteiger partial charge in [-0.1, -0.05) is 0 Å². The van der Waals surface area contributed by atoms with E-state index in [0.717, 1.165) is 6.26 Å². The van der Waals surface area contributed by atoms with Gasteiger partial charge in [-0.15, -0.1) is 0 Å². The average Bonchev–Trinajstić information content (AvgIpc) is 2.66. The molecule has 0 aliphatic heterocycles. The molecule has 2 aromatic heterocycles. The zero-order chi connectivity index (χ0) is 13.5. The highest BCUT2D eigenvalue weighted by molar-refractivity contribution is 9.10. The van der Waals surface area contributed by atoms with E-state index in [9.17, 15) is 17.9 Å². The highest BCUT2D eigenvalue weighted by Crippen LogP contribution is 2.29. The van der Waals surface area contributed by atoms with Crippen LogP contribution >= 0.6 is 15.9 Å². The van der Waals surface area contributed by atoms with Gasteiger partial charge in [-0.25, -0.2) is 13.4 Å². The molecule has 0 spiro atoms. The molecule has 98 valence electrons. The van der Waals surface area contributed by atoms with Crippen LogP contribution in [0.3, 0.4) is 0 Å². The molecular weight excluding hydrogens is 327 g/mol. The number of pyridine rings is 1. The predicted molar refractivity (Wildman–Crippen MR) is 67.9 cm³/mol. The maximum atomic E-state index is 13.7. The molecule has 18 heavy (non-hydrogen) atoms. The van der Waals surface area contributed by atoms with E-state index in [2.05, 4.69) is 20.9 Å². The van der Waals surface area contributed by atoms with Crippen molar-refractivity contribution in [2.45, 2.75) is 6.42 Å². The lowest BCUT2D eigenvalue weighted by Crippen LogP contribution is -2.05. The van der Waals surface area contributed by atoms with Crippen LogP contribution in [0.4, 0.5) is 4.39 Å². The molecule has 0 aromatic carbocycles. The predicted octanol–water partition coefficient (Wildman–Crippen LogP) is 1.53. The van der Waals surface area contributed by atoms with E-state index >= 15 is 0 Å². The van der Waals surface area contributed by atoms with Gasteiger partial charge in [-0.3, -0.25) is 0 Å². The molecule has 0 aliphatic carbocycles. The van der Waals surface area contributed by atoms with Gasteiger partial charge in [0.1, 0.15) is 9.84 Å². The van der Waals surface area contributed by atoms with Gasteiger partial charge in [-0.05, 0) is 15.9 Å². The average molecular weight is 337 g/mol. The summed E-state index contributed by atoms with van der Waals surface area (Å²) in [5, 5.41) is 9.40. The number of halogens is 2. The van der Waals surface area contributed by atoms with Crippen molar-refractivity contribution in [3.63, 3.8) is 0 Å². The molecule has 0 bridgehead atoms. The summed E-state index contributed by atoms with van der Waals surface area (Å²) in [6.07, 6.45) is 4.34. The highest BCUT2D eigenvalue weighted by Gasteiger charge is 2.15. The molecule has 0 unspecified atom stereocenters. The monoisotopic (exact) mass is 336 g/mol. The third-order valence-corrected chi connectivity index (χ3v) is 3.92. The summed E-state index contributed by atoms with van der Waals surface area (Å²) in [6, 6.07) is 0. The second-order valence-electron chi connectivity index (χ2n) is 3.98. The number of rotatable bonds is 3. The number of fused-ring (bicyclic) bond motifs is 1. The molecule has 0 aliphatic rings. The fraction of sp³-hybridized carbons (Fsp3) is 0.300. The molecule has 0 atom stereocenters. The maximum Gasteiger partial charge on any atom is 0.209 e. The standard InChI is InChI=1S/C10H10BrFN2O3S/c1-18(16,17)3-2-6-4-14-5-7(11)9(15)8(12)10(14)13-6/h4-5,15H,2-3H2,1H3. The molecule has 0 saturated heterocycles. The van der Waals surface area contributed by atoms with Crippen LogP contribution in [-0.2, 0) is 16.3 Å². The molecule has 2 aromatic rings. The van der Waals surface area contributed by atoms with Crippen LogP contribution in [0, 0.1) is 5.82 Å². The zero-order valence-corrected chi connectivity index (χ0v) is 11.8. The minimum atomic E-state index is -3.09. The first-order valence-electron chi connectivity index (χ1n) is 5.00. The highest BCUT2D eigenvalue weighted by atomic mass is 79.9. The van der Waals surface area contributed by atoms with Crippen LogP contribution in [0.15, 0.2) is 16.9 Å². The third kappa shape index (κ3) is 2.64. The number of aryl methyl sites for hydroxylation is 1. The second kappa shape index (κ2) is 4.51. The Labute approximate surface area is 111 Å². The van der Waals surface area contributed by atoms with E-state index in [0.29, 0.717) is 5.69 Å². The molecule has 0 amide bonds. The van der Waals surface area contributed by atoms with Crippen molar-refractivity contribution in [2.75, 3.05) is 12.0 Å². The largest absolute Gasteiger partial charge is 0.504 e. The van der Waals surface area contributed by atoms with E-state index < -0.39 is 21.4 Å². The van der Waals surface area contributed by atoms with Gasteiger partial charge in [0, 0.05) is 25.1 Å². The van der Waals surface area contributed by atoms with E-state index in [4.69, 9.17) is 0 Å². The van der Waals surface area contributed by atoms with Crippen LogP contribution in [0.5, 0.6) is 5.75 Å². The van der Waals surface area contributed by atoms with E-state index in [-0.39, 0.29) is 22.3 Å². The van der Waals surface area contributed by atoms with Gasteiger partial charge in [0.15, 0.2) is 11.4 Å². The molecule has 5 nitrogen and oxygen atoms in total. The molecule has 0 fully saturated rings. The van der Waals surface area contributed by atoms with Gasteiger partial charge < -0.3 is 9.51 Å². The van der Waals surface area contributed by atoms with Crippen LogP contribution in [0.25, 0.3) is 5.65 Å². The number of sulfone groups is 1. The molecule has 1 N–H and O–H groups in total.